The standard InChI is InChI=1S/C21H22FN3O5S/c1-13-19(14-4-3-5-17(10-14)31(2,29)30)20-18(7-6-16(12-26)24-20)25(13)11-15(22)8-9-23-21(27)28/h3-8,10,23,26H,9,11-12H2,1-2H3,(H,27,28). The number of aromatic nitrogens is 2. The molecule has 0 bridgehead atoms. The summed E-state index contributed by atoms with van der Waals surface area (Å²) in [4.78, 5) is 15.2. The third kappa shape index (κ3) is 4.92. The van der Waals surface area contributed by atoms with Crippen LogP contribution in [0.5, 0.6) is 0 Å². The van der Waals surface area contributed by atoms with Crippen molar-refractivity contribution < 1.29 is 27.8 Å². The number of allylic oxidation sites excluding steroid dienone is 1. The highest BCUT2D eigenvalue weighted by Gasteiger charge is 2.19. The number of nitrogens with zero attached hydrogens (tertiary/aromatic N) is 2. The molecule has 0 atom stereocenters. The van der Waals surface area contributed by atoms with Crippen LogP contribution in [0.1, 0.15) is 11.4 Å². The molecule has 8 nitrogen and oxygen atoms in total. The van der Waals surface area contributed by atoms with Crippen molar-refractivity contribution in [3.05, 3.63) is 59.7 Å². The monoisotopic (exact) mass is 447 g/mol. The molecule has 1 amide bonds. The van der Waals surface area contributed by atoms with Gasteiger partial charge < -0.3 is 20.1 Å². The van der Waals surface area contributed by atoms with Gasteiger partial charge in [-0.2, -0.15) is 0 Å². The Morgan fingerprint density at radius 3 is 2.68 bits per heavy atom. The summed E-state index contributed by atoms with van der Waals surface area (Å²) in [6, 6.07) is 9.75. The predicted octanol–water partition coefficient (Wildman–Crippen LogP) is 3.03. The van der Waals surface area contributed by atoms with Crippen LogP contribution in [-0.2, 0) is 23.0 Å². The number of pyridine rings is 1. The van der Waals surface area contributed by atoms with Crippen LogP contribution in [-0.4, -0.2) is 47.1 Å². The first-order chi connectivity index (χ1) is 14.6. The molecule has 0 unspecified atom stereocenters. The minimum Gasteiger partial charge on any atom is -0.465 e. The lowest BCUT2D eigenvalue weighted by atomic mass is 10.1. The van der Waals surface area contributed by atoms with E-state index < -0.39 is 21.8 Å². The van der Waals surface area contributed by atoms with Crippen LogP contribution in [0.15, 0.2) is 53.2 Å². The van der Waals surface area contributed by atoms with Gasteiger partial charge in [-0.3, -0.25) is 0 Å². The Morgan fingerprint density at radius 2 is 2.03 bits per heavy atom. The number of hydrogen-bond acceptors (Lipinski definition) is 5. The Balaban J connectivity index is 2.16. The number of amides is 1. The molecule has 3 aromatic rings. The van der Waals surface area contributed by atoms with Crippen molar-refractivity contribution in [1.82, 2.24) is 14.9 Å². The Morgan fingerprint density at radius 1 is 1.29 bits per heavy atom. The second-order valence-corrected chi connectivity index (χ2v) is 9.03. The molecule has 0 fully saturated rings. The lowest BCUT2D eigenvalue weighted by Crippen LogP contribution is -2.20. The normalized spacial score (nSPS) is 12.3. The summed E-state index contributed by atoms with van der Waals surface area (Å²) in [5.74, 6) is -0.545. The summed E-state index contributed by atoms with van der Waals surface area (Å²) in [7, 11) is -3.43. The van der Waals surface area contributed by atoms with Crippen LogP contribution in [0.4, 0.5) is 9.18 Å². The molecule has 164 valence electrons. The highest BCUT2D eigenvalue weighted by molar-refractivity contribution is 7.90. The van der Waals surface area contributed by atoms with Crippen molar-refractivity contribution in [1.29, 1.82) is 0 Å². The highest BCUT2D eigenvalue weighted by atomic mass is 32.2. The fourth-order valence-electron chi connectivity index (χ4n) is 3.37. The first-order valence-corrected chi connectivity index (χ1v) is 11.2. The van der Waals surface area contributed by atoms with Gasteiger partial charge in [-0.1, -0.05) is 12.1 Å². The average Bonchev–Trinajstić information content (AvgIpc) is 2.97. The Bertz CT molecular complexity index is 1280. The van der Waals surface area contributed by atoms with Crippen LogP contribution in [0, 0.1) is 6.92 Å². The van der Waals surface area contributed by atoms with Crippen LogP contribution < -0.4 is 5.32 Å². The van der Waals surface area contributed by atoms with Crippen molar-refractivity contribution >= 4 is 27.0 Å². The molecule has 0 saturated heterocycles. The van der Waals surface area contributed by atoms with Gasteiger partial charge in [0.2, 0.25) is 0 Å². The van der Waals surface area contributed by atoms with Crippen LogP contribution in [0.25, 0.3) is 22.2 Å². The van der Waals surface area contributed by atoms with Crippen molar-refractivity contribution in [2.24, 2.45) is 0 Å². The molecule has 0 radical (unpaired) electrons. The smallest absolute Gasteiger partial charge is 0.404 e. The zero-order valence-electron chi connectivity index (χ0n) is 17.0. The first kappa shape index (κ1) is 22.4. The Hall–Kier alpha value is -3.24. The van der Waals surface area contributed by atoms with Gasteiger partial charge in [0.25, 0.3) is 0 Å². The van der Waals surface area contributed by atoms with E-state index in [1.165, 1.54) is 12.1 Å². The number of carbonyl (C=O) groups is 1. The van der Waals surface area contributed by atoms with Crippen molar-refractivity contribution in [2.75, 3.05) is 12.8 Å². The molecule has 2 heterocycles. The van der Waals surface area contributed by atoms with Crippen LogP contribution in [0.3, 0.4) is 0 Å². The minimum absolute atomic E-state index is 0.148. The van der Waals surface area contributed by atoms with E-state index in [1.807, 2.05) is 0 Å². The van der Waals surface area contributed by atoms with Gasteiger partial charge >= 0.3 is 6.09 Å². The van der Waals surface area contributed by atoms with Gasteiger partial charge in [0.1, 0.15) is 5.83 Å². The third-order valence-corrected chi connectivity index (χ3v) is 5.93. The summed E-state index contributed by atoms with van der Waals surface area (Å²) in [6.45, 7) is 1.16. The molecule has 0 saturated carbocycles. The molecule has 0 spiro atoms. The average molecular weight is 447 g/mol. The number of hydrogen-bond donors (Lipinski definition) is 3. The van der Waals surface area contributed by atoms with E-state index in [9.17, 15) is 22.7 Å². The molecule has 0 aliphatic heterocycles. The number of aliphatic hydroxyl groups is 1. The maximum absolute atomic E-state index is 14.5. The summed E-state index contributed by atoms with van der Waals surface area (Å²) < 4.78 is 40.2. The van der Waals surface area contributed by atoms with Gasteiger partial charge in [-0.25, -0.2) is 22.6 Å². The van der Waals surface area contributed by atoms with Crippen molar-refractivity contribution in [3.63, 3.8) is 0 Å². The summed E-state index contributed by atoms with van der Waals surface area (Å²) in [5, 5.41) is 20.2. The summed E-state index contributed by atoms with van der Waals surface area (Å²) in [5.41, 5.74) is 3.41. The zero-order chi connectivity index (χ0) is 22.8. The lowest BCUT2D eigenvalue weighted by Gasteiger charge is -2.08. The van der Waals surface area contributed by atoms with E-state index in [4.69, 9.17) is 5.11 Å². The number of benzene rings is 1. The molecule has 10 heteroatoms. The van der Waals surface area contributed by atoms with Crippen molar-refractivity contribution in [2.45, 2.75) is 25.0 Å². The zero-order valence-corrected chi connectivity index (χ0v) is 17.8. The number of nitrogens with one attached hydrogen (secondary N) is 1. The Labute approximate surface area is 178 Å². The van der Waals surface area contributed by atoms with Crippen LogP contribution >= 0.6 is 0 Å². The van der Waals surface area contributed by atoms with E-state index in [0.717, 1.165) is 12.3 Å². The van der Waals surface area contributed by atoms with Crippen LogP contribution in [0.2, 0.25) is 0 Å². The number of sulfone groups is 1. The first-order valence-electron chi connectivity index (χ1n) is 9.33. The van der Waals surface area contributed by atoms with Gasteiger partial charge in [-0.15, -0.1) is 0 Å². The third-order valence-electron chi connectivity index (χ3n) is 4.82. The fourth-order valence-corrected chi connectivity index (χ4v) is 4.03. The molecule has 2 aromatic heterocycles. The van der Waals surface area contributed by atoms with E-state index in [1.54, 1.807) is 35.8 Å². The van der Waals surface area contributed by atoms with E-state index in [-0.39, 0.29) is 24.6 Å². The largest absolute Gasteiger partial charge is 0.465 e. The van der Waals surface area contributed by atoms with E-state index in [2.05, 4.69) is 10.3 Å². The second kappa shape index (κ2) is 8.86. The molecule has 0 aliphatic rings. The van der Waals surface area contributed by atoms with E-state index in [0.29, 0.717) is 33.5 Å². The lowest BCUT2D eigenvalue weighted by molar-refractivity contribution is 0.195. The number of fused-ring (bicyclic) bond motifs is 1. The topological polar surface area (TPSA) is 122 Å². The second-order valence-electron chi connectivity index (χ2n) is 7.01. The quantitative estimate of drug-likeness (QED) is 0.512. The van der Waals surface area contributed by atoms with E-state index >= 15 is 0 Å². The molecule has 3 rings (SSSR count). The number of aliphatic hydroxyl groups excluding tert-OH is 1. The summed E-state index contributed by atoms with van der Waals surface area (Å²) >= 11 is 0. The molecule has 3 N–H and O–H groups in total. The molecule has 31 heavy (non-hydrogen) atoms. The minimum atomic E-state index is -3.43. The van der Waals surface area contributed by atoms with Gasteiger partial charge in [-0.05, 0) is 42.8 Å². The molecule has 1 aromatic carbocycles. The van der Waals surface area contributed by atoms with Gasteiger partial charge in [0, 0.05) is 24.1 Å². The SMILES string of the molecule is Cc1c(-c2cccc(S(C)(=O)=O)c2)c2nc(CO)ccc2n1CC(F)=CCNC(=O)O. The summed E-state index contributed by atoms with van der Waals surface area (Å²) in [6.07, 6.45) is 1.01. The highest BCUT2D eigenvalue weighted by Crippen LogP contribution is 2.35. The maximum Gasteiger partial charge on any atom is 0.404 e. The molecular weight excluding hydrogens is 425 g/mol. The number of carboxylic acid groups (broad SMARTS) is 1. The molecular formula is C21H22FN3O5S. The van der Waals surface area contributed by atoms with Gasteiger partial charge in [0.05, 0.1) is 34.8 Å². The predicted molar refractivity (Wildman–Crippen MR) is 114 cm³/mol. The number of rotatable bonds is 7. The van der Waals surface area contributed by atoms with Crippen molar-refractivity contribution in [3.8, 4) is 11.1 Å². The Kier molecular flexibility index (Phi) is 6.42. The fraction of sp³-hybridized carbons (Fsp3) is 0.238. The maximum atomic E-state index is 14.5. The molecule has 0 aliphatic carbocycles. The van der Waals surface area contributed by atoms with Gasteiger partial charge in [0.15, 0.2) is 9.84 Å². The number of halogens is 1.